The summed E-state index contributed by atoms with van der Waals surface area (Å²) in [7, 11) is 0. The Balaban J connectivity index is 1.63. The molecule has 0 radical (unpaired) electrons. The third-order valence-corrected chi connectivity index (χ3v) is 3.85. The van der Waals surface area contributed by atoms with E-state index < -0.39 is 6.61 Å². The second kappa shape index (κ2) is 8.06. The number of halogens is 2. The minimum absolute atomic E-state index is 0.0674. The van der Waals surface area contributed by atoms with E-state index in [1.54, 1.807) is 6.20 Å². The molecule has 25 heavy (non-hydrogen) atoms. The van der Waals surface area contributed by atoms with E-state index in [4.69, 9.17) is 4.74 Å². The van der Waals surface area contributed by atoms with Crippen LogP contribution in [0.3, 0.4) is 0 Å². The SMILES string of the molecule is C[C@H]1CNCCC[C@H]1Oc1cncc(Nc2cc(OC(F)F)n[nH]2)n1. The highest BCUT2D eigenvalue weighted by Crippen LogP contribution is 2.22. The third kappa shape index (κ3) is 4.99. The van der Waals surface area contributed by atoms with Gasteiger partial charge in [-0.05, 0) is 19.4 Å². The molecule has 2 aromatic rings. The lowest BCUT2D eigenvalue weighted by molar-refractivity contribution is -0.0528. The molecule has 1 aliphatic rings. The molecule has 0 amide bonds. The summed E-state index contributed by atoms with van der Waals surface area (Å²) in [5, 5.41) is 12.4. The topological polar surface area (TPSA) is 97.0 Å². The van der Waals surface area contributed by atoms with Crippen LogP contribution >= 0.6 is 0 Å². The van der Waals surface area contributed by atoms with Gasteiger partial charge in [0.05, 0.1) is 12.4 Å². The number of anilines is 2. The van der Waals surface area contributed by atoms with Crippen molar-refractivity contribution >= 4 is 11.6 Å². The minimum Gasteiger partial charge on any atom is -0.473 e. The predicted molar refractivity (Wildman–Crippen MR) is 86.2 cm³/mol. The van der Waals surface area contributed by atoms with Gasteiger partial charge in [-0.1, -0.05) is 6.92 Å². The molecule has 0 saturated carbocycles. The first-order valence-electron chi connectivity index (χ1n) is 8.07. The summed E-state index contributed by atoms with van der Waals surface area (Å²) in [4.78, 5) is 8.44. The highest BCUT2D eigenvalue weighted by atomic mass is 19.3. The number of alkyl halides is 2. The number of H-pyrrole nitrogens is 1. The van der Waals surface area contributed by atoms with Crippen molar-refractivity contribution in [2.45, 2.75) is 32.5 Å². The minimum atomic E-state index is -2.93. The van der Waals surface area contributed by atoms with Crippen LogP contribution in [0.5, 0.6) is 11.8 Å². The summed E-state index contributed by atoms with van der Waals surface area (Å²) in [6.07, 6.45) is 5.11. The Hall–Kier alpha value is -2.49. The first-order valence-corrected chi connectivity index (χ1v) is 8.07. The van der Waals surface area contributed by atoms with Gasteiger partial charge in [0.25, 0.3) is 0 Å². The Morgan fingerprint density at radius 3 is 3.04 bits per heavy atom. The van der Waals surface area contributed by atoms with Crippen molar-refractivity contribution in [3.63, 3.8) is 0 Å². The first kappa shape index (κ1) is 17.3. The monoisotopic (exact) mass is 354 g/mol. The summed E-state index contributed by atoms with van der Waals surface area (Å²) in [5.41, 5.74) is 0. The number of hydrogen-bond donors (Lipinski definition) is 3. The van der Waals surface area contributed by atoms with E-state index in [-0.39, 0.29) is 12.0 Å². The average molecular weight is 354 g/mol. The van der Waals surface area contributed by atoms with Crippen LogP contribution in [0, 0.1) is 5.92 Å². The highest BCUT2D eigenvalue weighted by Gasteiger charge is 2.22. The molecule has 1 fully saturated rings. The Morgan fingerprint density at radius 2 is 2.20 bits per heavy atom. The van der Waals surface area contributed by atoms with Gasteiger partial charge in [0, 0.05) is 18.5 Å². The van der Waals surface area contributed by atoms with E-state index in [1.807, 2.05) is 0 Å². The summed E-state index contributed by atoms with van der Waals surface area (Å²) in [6.45, 7) is 1.09. The maximum absolute atomic E-state index is 12.2. The van der Waals surface area contributed by atoms with Crippen molar-refractivity contribution in [1.29, 1.82) is 0 Å². The number of aromatic amines is 1. The van der Waals surface area contributed by atoms with E-state index >= 15 is 0 Å². The van der Waals surface area contributed by atoms with E-state index in [0.717, 1.165) is 25.9 Å². The Labute approximate surface area is 143 Å². The molecule has 1 saturated heterocycles. The zero-order valence-electron chi connectivity index (χ0n) is 13.7. The molecule has 1 aliphatic heterocycles. The van der Waals surface area contributed by atoms with Crippen molar-refractivity contribution in [2.24, 2.45) is 5.92 Å². The largest absolute Gasteiger partial charge is 0.473 e. The van der Waals surface area contributed by atoms with Gasteiger partial charge in [-0.2, -0.15) is 13.8 Å². The molecule has 3 rings (SSSR count). The zero-order chi connectivity index (χ0) is 17.6. The van der Waals surface area contributed by atoms with Gasteiger partial charge in [-0.25, -0.2) is 0 Å². The van der Waals surface area contributed by atoms with Gasteiger partial charge < -0.3 is 20.1 Å². The van der Waals surface area contributed by atoms with E-state index in [0.29, 0.717) is 23.4 Å². The predicted octanol–water partition coefficient (Wildman–Crippen LogP) is 2.31. The fraction of sp³-hybridized carbons (Fsp3) is 0.533. The lowest BCUT2D eigenvalue weighted by Gasteiger charge is -2.22. The van der Waals surface area contributed by atoms with Crippen LogP contribution in [0.25, 0.3) is 0 Å². The van der Waals surface area contributed by atoms with Gasteiger partial charge in [0.1, 0.15) is 11.9 Å². The van der Waals surface area contributed by atoms with Crippen molar-refractivity contribution < 1.29 is 18.3 Å². The molecule has 0 bridgehead atoms. The zero-order valence-corrected chi connectivity index (χ0v) is 13.7. The van der Waals surface area contributed by atoms with Crippen molar-refractivity contribution in [3.05, 3.63) is 18.5 Å². The molecule has 8 nitrogen and oxygen atoms in total. The Kier molecular flexibility index (Phi) is 5.59. The molecule has 3 N–H and O–H groups in total. The first-order chi connectivity index (χ1) is 12.1. The molecule has 2 aromatic heterocycles. The number of hydrogen-bond acceptors (Lipinski definition) is 7. The maximum atomic E-state index is 12.2. The Morgan fingerprint density at radius 1 is 1.32 bits per heavy atom. The van der Waals surface area contributed by atoms with Crippen LogP contribution in [0.15, 0.2) is 18.5 Å². The van der Waals surface area contributed by atoms with E-state index in [1.165, 1.54) is 12.3 Å². The van der Waals surface area contributed by atoms with Gasteiger partial charge in [-0.15, -0.1) is 5.10 Å². The van der Waals surface area contributed by atoms with Crippen LogP contribution in [-0.2, 0) is 0 Å². The van der Waals surface area contributed by atoms with Crippen molar-refractivity contribution in [2.75, 3.05) is 18.4 Å². The van der Waals surface area contributed by atoms with Crippen LogP contribution < -0.4 is 20.1 Å². The average Bonchev–Trinajstić information content (AvgIpc) is 2.89. The molecule has 0 unspecified atom stereocenters. The maximum Gasteiger partial charge on any atom is 0.388 e. The van der Waals surface area contributed by atoms with Gasteiger partial charge in [0.15, 0.2) is 5.82 Å². The lowest BCUT2D eigenvalue weighted by atomic mass is 10.0. The van der Waals surface area contributed by atoms with Crippen LogP contribution in [0.4, 0.5) is 20.4 Å². The number of nitrogens with zero attached hydrogens (tertiary/aromatic N) is 3. The number of rotatable bonds is 6. The Bertz CT molecular complexity index is 684. The molecular weight excluding hydrogens is 334 g/mol. The van der Waals surface area contributed by atoms with Crippen LogP contribution in [0.2, 0.25) is 0 Å². The van der Waals surface area contributed by atoms with E-state index in [9.17, 15) is 8.78 Å². The summed E-state index contributed by atoms with van der Waals surface area (Å²) >= 11 is 0. The number of aromatic nitrogens is 4. The third-order valence-electron chi connectivity index (χ3n) is 3.85. The molecule has 0 spiro atoms. The standard InChI is InChI=1S/C15H20F2N6O2/c1-9-6-18-4-2-3-10(9)24-14-8-19-7-12(21-14)20-11-5-13(23-22-11)25-15(16)17/h5,7-10,15,18H,2-4,6H2,1H3,(H2,20,21,22,23)/t9-,10+/m0/s1. The molecule has 0 aliphatic carbocycles. The summed E-state index contributed by atoms with van der Waals surface area (Å²) < 4.78 is 34.5. The second-order valence-corrected chi connectivity index (χ2v) is 5.85. The molecule has 10 heteroatoms. The van der Waals surface area contributed by atoms with Gasteiger partial charge in [-0.3, -0.25) is 10.1 Å². The second-order valence-electron chi connectivity index (χ2n) is 5.85. The molecule has 136 valence electrons. The van der Waals surface area contributed by atoms with E-state index in [2.05, 4.69) is 42.5 Å². The molecule has 0 aromatic carbocycles. The molecule has 3 heterocycles. The number of nitrogens with one attached hydrogen (secondary N) is 3. The van der Waals surface area contributed by atoms with Crippen molar-refractivity contribution in [1.82, 2.24) is 25.5 Å². The normalized spacial score (nSPS) is 21.0. The number of ether oxygens (including phenoxy) is 2. The quantitative estimate of drug-likeness (QED) is 0.732. The van der Waals surface area contributed by atoms with Gasteiger partial charge in [0.2, 0.25) is 11.8 Å². The smallest absolute Gasteiger partial charge is 0.388 e. The fourth-order valence-corrected chi connectivity index (χ4v) is 2.63. The van der Waals surface area contributed by atoms with Gasteiger partial charge >= 0.3 is 6.61 Å². The fourth-order valence-electron chi connectivity index (χ4n) is 2.63. The molecule has 2 atom stereocenters. The highest BCUT2D eigenvalue weighted by molar-refractivity contribution is 5.51. The summed E-state index contributed by atoms with van der Waals surface area (Å²) in [5.74, 6) is 1.32. The van der Waals surface area contributed by atoms with Crippen LogP contribution in [-0.4, -0.2) is 46.0 Å². The molecular formula is C15H20F2N6O2. The van der Waals surface area contributed by atoms with Crippen molar-refractivity contribution in [3.8, 4) is 11.8 Å². The lowest BCUT2D eigenvalue weighted by Crippen LogP contribution is -2.29. The summed E-state index contributed by atoms with van der Waals surface area (Å²) in [6, 6.07) is 1.31. The van der Waals surface area contributed by atoms with Crippen LogP contribution in [0.1, 0.15) is 19.8 Å².